The average molecular weight is 577 g/mol. The van der Waals surface area contributed by atoms with Crippen molar-refractivity contribution in [2.45, 2.75) is 37.4 Å². The standard InChI is InChI=1S/C30H36N6O4S/c1-35(2)41(39,40)34-27(26(22-10-5-3-6-11-22)23-12-7-4-8-13-23)30(38)36-19-9-14-25(36)29(37)33-20-21-15-17-24(18-16-21)28(31)32/h3-8,10-13,15-18,25-27,34H,9,14,19-20H2,1-2H3,(H3,31,32)(H,33,37). The number of hydrogen-bond acceptors (Lipinski definition) is 5. The summed E-state index contributed by atoms with van der Waals surface area (Å²) < 4.78 is 29.9. The number of likely N-dealkylation sites (tertiary alicyclic amines) is 1. The molecule has 1 fully saturated rings. The van der Waals surface area contributed by atoms with Crippen molar-refractivity contribution in [3.05, 3.63) is 107 Å². The van der Waals surface area contributed by atoms with E-state index < -0.39 is 34.1 Å². The van der Waals surface area contributed by atoms with Crippen LogP contribution in [0.4, 0.5) is 0 Å². The van der Waals surface area contributed by atoms with Crippen molar-refractivity contribution in [3.63, 3.8) is 0 Å². The van der Waals surface area contributed by atoms with E-state index in [0.29, 0.717) is 24.9 Å². The maximum Gasteiger partial charge on any atom is 0.279 e. The molecule has 5 N–H and O–H groups in total. The number of nitrogens with two attached hydrogens (primary N) is 1. The smallest absolute Gasteiger partial charge is 0.279 e. The van der Waals surface area contributed by atoms with Gasteiger partial charge in [-0.2, -0.15) is 17.4 Å². The van der Waals surface area contributed by atoms with Crippen LogP contribution in [0.5, 0.6) is 0 Å². The van der Waals surface area contributed by atoms with Gasteiger partial charge in [0.1, 0.15) is 17.9 Å². The molecule has 3 aromatic rings. The lowest BCUT2D eigenvalue weighted by Crippen LogP contribution is -2.56. The Bertz CT molecular complexity index is 1420. The van der Waals surface area contributed by atoms with Crippen molar-refractivity contribution in [2.24, 2.45) is 5.73 Å². The Morgan fingerprint density at radius 3 is 2.05 bits per heavy atom. The number of nitrogens with one attached hydrogen (secondary N) is 3. The molecular weight excluding hydrogens is 540 g/mol. The zero-order chi connectivity index (χ0) is 29.6. The molecule has 1 saturated heterocycles. The maximum absolute atomic E-state index is 14.3. The summed E-state index contributed by atoms with van der Waals surface area (Å²) in [5.74, 6) is -1.44. The van der Waals surface area contributed by atoms with Gasteiger partial charge in [-0.25, -0.2) is 0 Å². The third-order valence-corrected chi connectivity index (χ3v) is 8.76. The van der Waals surface area contributed by atoms with E-state index in [4.69, 9.17) is 11.1 Å². The van der Waals surface area contributed by atoms with Crippen LogP contribution >= 0.6 is 0 Å². The van der Waals surface area contributed by atoms with Crippen LogP contribution in [-0.2, 0) is 26.3 Å². The van der Waals surface area contributed by atoms with Crippen molar-refractivity contribution < 1.29 is 18.0 Å². The topological polar surface area (TPSA) is 149 Å². The van der Waals surface area contributed by atoms with Crippen LogP contribution in [0.2, 0.25) is 0 Å². The van der Waals surface area contributed by atoms with Crippen molar-refractivity contribution in [1.29, 1.82) is 5.41 Å². The van der Waals surface area contributed by atoms with Crippen molar-refractivity contribution >= 4 is 27.9 Å². The van der Waals surface area contributed by atoms with Gasteiger partial charge in [-0.1, -0.05) is 84.9 Å². The number of nitrogen functional groups attached to an aromatic ring is 1. The minimum atomic E-state index is -4.02. The molecule has 0 aliphatic carbocycles. The minimum absolute atomic E-state index is 0.0375. The normalized spacial score (nSPS) is 16.1. The van der Waals surface area contributed by atoms with E-state index in [1.54, 1.807) is 24.3 Å². The first-order valence-electron chi connectivity index (χ1n) is 13.4. The Balaban J connectivity index is 1.63. The molecule has 2 amide bonds. The van der Waals surface area contributed by atoms with Gasteiger partial charge in [0.2, 0.25) is 11.8 Å². The Morgan fingerprint density at radius 2 is 1.54 bits per heavy atom. The number of amidine groups is 1. The highest BCUT2D eigenvalue weighted by Crippen LogP contribution is 2.31. The number of amides is 2. The molecule has 0 aromatic heterocycles. The predicted octanol–water partition coefficient (Wildman–Crippen LogP) is 2.17. The van der Waals surface area contributed by atoms with Crippen LogP contribution in [0.3, 0.4) is 0 Å². The summed E-state index contributed by atoms with van der Waals surface area (Å²) in [5.41, 5.74) is 8.47. The third kappa shape index (κ3) is 7.18. The molecule has 2 unspecified atom stereocenters. The molecule has 1 aliphatic heterocycles. The highest BCUT2D eigenvalue weighted by atomic mass is 32.2. The van der Waals surface area contributed by atoms with Gasteiger partial charge in [-0.3, -0.25) is 15.0 Å². The lowest BCUT2D eigenvalue weighted by atomic mass is 9.84. The van der Waals surface area contributed by atoms with E-state index in [1.165, 1.54) is 19.0 Å². The number of carbonyl (C=O) groups is 2. The SMILES string of the molecule is CN(C)S(=O)(=O)NC(C(=O)N1CCCC1C(=O)NCc1ccc(C(=N)N)cc1)C(c1ccccc1)c1ccccc1. The number of rotatable bonds is 11. The van der Waals surface area contributed by atoms with Crippen LogP contribution in [0.25, 0.3) is 0 Å². The van der Waals surface area contributed by atoms with Crippen LogP contribution in [0, 0.1) is 5.41 Å². The molecule has 216 valence electrons. The first kappa shape index (κ1) is 29.9. The van der Waals surface area contributed by atoms with E-state index in [1.807, 2.05) is 60.7 Å². The molecule has 0 saturated carbocycles. The molecule has 41 heavy (non-hydrogen) atoms. The molecule has 10 nitrogen and oxygen atoms in total. The van der Waals surface area contributed by atoms with Crippen LogP contribution < -0.4 is 15.8 Å². The van der Waals surface area contributed by atoms with E-state index in [2.05, 4.69) is 10.0 Å². The highest BCUT2D eigenvalue weighted by Gasteiger charge is 2.42. The molecule has 0 spiro atoms. The van der Waals surface area contributed by atoms with E-state index in [-0.39, 0.29) is 18.3 Å². The minimum Gasteiger partial charge on any atom is -0.384 e. The fraction of sp³-hybridized carbons (Fsp3) is 0.300. The van der Waals surface area contributed by atoms with Crippen LogP contribution in [0.15, 0.2) is 84.9 Å². The first-order chi connectivity index (χ1) is 19.6. The zero-order valence-corrected chi connectivity index (χ0v) is 24.0. The Labute approximate surface area is 241 Å². The molecule has 0 bridgehead atoms. The molecule has 3 aromatic carbocycles. The molecule has 0 radical (unpaired) electrons. The zero-order valence-electron chi connectivity index (χ0n) is 23.2. The second kappa shape index (κ2) is 13.1. The summed E-state index contributed by atoms with van der Waals surface area (Å²) >= 11 is 0. The summed E-state index contributed by atoms with van der Waals surface area (Å²) in [6, 6.07) is 23.7. The summed E-state index contributed by atoms with van der Waals surface area (Å²) in [6.07, 6.45) is 1.08. The Kier molecular flexibility index (Phi) is 9.53. The number of hydrogen-bond donors (Lipinski definition) is 4. The van der Waals surface area contributed by atoms with Crippen LogP contribution in [-0.4, -0.2) is 68.0 Å². The molecule has 1 heterocycles. The van der Waals surface area contributed by atoms with Gasteiger partial charge in [0, 0.05) is 38.7 Å². The van der Waals surface area contributed by atoms with Gasteiger partial charge in [-0.05, 0) is 29.5 Å². The van der Waals surface area contributed by atoms with Crippen molar-refractivity contribution in [2.75, 3.05) is 20.6 Å². The molecule has 2 atom stereocenters. The maximum atomic E-state index is 14.3. The van der Waals surface area contributed by atoms with Gasteiger partial charge in [0.05, 0.1) is 0 Å². The van der Waals surface area contributed by atoms with E-state index in [9.17, 15) is 18.0 Å². The molecular formula is C30H36N6O4S. The molecule has 4 rings (SSSR count). The van der Waals surface area contributed by atoms with Gasteiger partial charge in [0.15, 0.2) is 0 Å². The van der Waals surface area contributed by atoms with Gasteiger partial charge in [-0.15, -0.1) is 0 Å². The quantitative estimate of drug-likeness (QED) is 0.204. The van der Waals surface area contributed by atoms with Gasteiger partial charge in [0.25, 0.3) is 10.2 Å². The fourth-order valence-corrected chi connectivity index (χ4v) is 5.78. The Morgan fingerprint density at radius 1 is 0.976 bits per heavy atom. The van der Waals surface area contributed by atoms with Crippen LogP contribution in [0.1, 0.15) is 41.0 Å². The number of benzene rings is 3. The summed E-state index contributed by atoms with van der Waals surface area (Å²) in [4.78, 5) is 29.1. The molecule has 11 heteroatoms. The van der Waals surface area contributed by atoms with Crippen molar-refractivity contribution in [1.82, 2.24) is 19.2 Å². The highest BCUT2D eigenvalue weighted by molar-refractivity contribution is 7.87. The summed E-state index contributed by atoms with van der Waals surface area (Å²) in [6.45, 7) is 0.573. The largest absolute Gasteiger partial charge is 0.384 e. The monoisotopic (exact) mass is 576 g/mol. The van der Waals surface area contributed by atoms with E-state index >= 15 is 0 Å². The fourth-order valence-electron chi connectivity index (χ4n) is 5.02. The summed E-state index contributed by atoms with van der Waals surface area (Å²) in [7, 11) is -1.21. The average Bonchev–Trinajstić information content (AvgIpc) is 3.47. The van der Waals surface area contributed by atoms with Gasteiger partial charge < -0.3 is 16.0 Å². The predicted molar refractivity (Wildman–Crippen MR) is 158 cm³/mol. The van der Waals surface area contributed by atoms with Crippen molar-refractivity contribution in [3.8, 4) is 0 Å². The summed E-state index contributed by atoms with van der Waals surface area (Å²) in [5, 5.41) is 10.4. The number of nitrogens with zero attached hydrogens (tertiary/aromatic N) is 2. The lowest BCUT2D eigenvalue weighted by molar-refractivity contribution is -0.140. The third-order valence-electron chi connectivity index (χ3n) is 7.24. The molecule has 1 aliphatic rings. The second-order valence-electron chi connectivity index (χ2n) is 10.2. The first-order valence-corrected chi connectivity index (χ1v) is 14.8. The Hall–Kier alpha value is -4.06. The van der Waals surface area contributed by atoms with Gasteiger partial charge >= 0.3 is 0 Å². The van der Waals surface area contributed by atoms with E-state index in [0.717, 1.165) is 21.0 Å². The second-order valence-corrected chi connectivity index (χ2v) is 12.1. The number of carbonyl (C=O) groups excluding carboxylic acids is 2. The lowest BCUT2D eigenvalue weighted by Gasteiger charge is -2.34.